The van der Waals surface area contributed by atoms with Crippen LogP contribution in [0.3, 0.4) is 0 Å². The van der Waals surface area contributed by atoms with Crippen LogP contribution >= 0.6 is 0 Å². The molecule has 0 amide bonds. The molecule has 0 aromatic rings. The van der Waals surface area contributed by atoms with E-state index in [0.717, 1.165) is 25.7 Å². The molecule has 0 aromatic heterocycles. The van der Waals surface area contributed by atoms with Crippen molar-refractivity contribution in [3.63, 3.8) is 0 Å². The molecule has 0 aliphatic heterocycles. The average molecular weight is 230 g/mol. The van der Waals surface area contributed by atoms with Gasteiger partial charge in [-0.3, -0.25) is 10.1 Å². The molecule has 5 heteroatoms. The van der Waals surface area contributed by atoms with Crippen LogP contribution in [0.1, 0.15) is 65.2 Å². The van der Waals surface area contributed by atoms with Gasteiger partial charge in [0.15, 0.2) is 0 Å². The van der Waals surface area contributed by atoms with Gasteiger partial charge < -0.3 is 0 Å². The first-order chi connectivity index (χ1) is 7.63. The fourth-order valence-corrected chi connectivity index (χ4v) is 1.75. The second kappa shape index (κ2) is 8.19. The monoisotopic (exact) mass is 230 g/mol. The zero-order valence-electron chi connectivity index (χ0n) is 10.3. The van der Waals surface area contributed by atoms with E-state index in [9.17, 15) is 15.0 Å². The van der Waals surface area contributed by atoms with Gasteiger partial charge in [0.1, 0.15) is 0 Å². The summed E-state index contributed by atoms with van der Waals surface area (Å²) in [6, 6.07) is 0. The first-order valence-electron chi connectivity index (χ1n) is 6.12. The Labute approximate surface area is 96.7 Å². The van der Waals surface area contributed by atoms with Crippen LogP contribution in [0.2, 0.25) is 0 Å². The minimum atomic E-state index is -1.57. The molecule has 0 unspecified atom stereocenters. The second-order valence-corrected chi connectivity index (χ2v) is 4.25. The van der Waals surface area contributed by atoms with Gasteiger partial charge in [0, 0.05) is 18.0 Å². The maximum absolute atomic E-state index is 11.0. The Morgan fingerprint density at radius 3 is 1.75 bits per heavy atom. The van der Waals surface area contributed by atoms with Crippen LogP contribution < -0.4 is 0 Å². The van der Waals surface area contributed by atoms with Crippen molar-refractivity contribution in [3.8, 4) is 0 Å². The summed E-state index contributed by atoms with van der Waals surface area (Å²) < 4.78 is 0. The first kappa shape index (κ1) is 15.0. The summed E-state index contributed by atoms with van der Waals surface area (Å²) >= 11 is 0. The van der Waals surface area contributed by atoms with Crippen LogP contribution in [-0.4, -0.2) is 10.6 Å². The van der Waals surface area contributed by atoms with Gasteiger partial charge in [-0.05, 0) is 12.8 Å². The van der Waals surface area contributed by atoms with Crippen molar-refractivity contribution in [2.75, 3.05) is 0 Å². The summed E-state index contributed by atoms with van der Waals surface area (Å²) in [7, 11) is 0. The molecule has 0 fully saturated rings. The second-order valence-electron chi connectivity index (χ2n) is 4.25. The summed E-state index contributed by atoms with van der Waals surface area (Å²) in [6.45, 7) is 4.05. The van der Waals surface area contributed by atoms with Crippen molar-refractivity contribution in [1.29, 1.82) is 0 Å². The minimum absolute atomic E-state index is 0.279. The molecule has 0 bridgehead atoms. The molecule has 0 rings (SSSR count). The molecule has 0 radical (unpaired) electrons. The fourth-order valence-electron chi connectivity index (χ4n) is 1.75. The fraction of sp³-hybridized carbons (Fsp3) is 1.00. The van der Waals surface area contributed by atoms with E-state index in [-0.39, 0.29) is 12.8 Å². The van der Waals surface area contributed by atoms with Crippen molar-refractivity contribution >= 4 is 0 Å². The largest absolute Gasteiger partial charge is 0.348 e. The molecule has 0 spiro atoms. The Morgan fingerprint density at radius 2 is 1.50 bits per heavy atom. The van der Waals surface area contributed by atoms with Crippen molar-refractivity contribution in [3.05, 3.63) is 15.0 Å². The van der Waals surface area contributed by atoms with Gasteiger partial charge in [0.05, 0.1) is 4.92 Å². The van der Waals surface area contributed by atoms with Crippen molar-refractivity contribution < 1.29 is 4.92 Å². The minimum Gasteiger partial charge on any atom is -0.262 e. The summed E-state index contributed by atoms with van der Waals surface area (Å²) in [5, 5.41) is 13.8. The van der Waals surface area contributed by atoms with Gasteiger partial charge in [-0.25, -0.2) is 0 Å². The summed E-state index contributed by atoms with van der Waals surface area (Å²) in [6.07, 6.45) is 5.77. The Bertz CT molecular complexity index is 209. The van der Waals surface area contributed by atoms with E-state index in [0.29, 0.717) is 12.8 Å². The molecule has 0 saturated carbocycles. The number of nitrogens with zero attached hydrogens (tertiary/aromatic N) is 2. The number of nitroso groups, excluding NO2 is 1. The van der Waals surface area contributed by atoms with Crippen LogP contribution in [0.4, 0.5) is 0 Å². The van der Waals surface area contributed by atoms with E-state index >= 15 is 0 Å². The number of hydrogen-bond acceptors (Lipinski definition) is 4. The van der Waals surface area contributed by atoms with Crippen LogP contribution in [0.25, 0.3) is 0 Å². The lowest BCUT2D eigenvalue weighted by molar-refractivity contribution is -0.571. The smallest absolute Gasteiger partial charge is 0.262 e. The summed E-state index contributed by atoms with van der Waals surface area (Å²) in [5.41, 5.74) is -1.57. The molecule has 5 nitrogen and oxygen atoms in total. The van der Waals surface area contributed by atoms with E-state index < -0.39 is 10.6 Å². The predicted octanol–water partition coefficient (Wildman–Crippen LogP) is 3.89. The topological polar surface area (TPSA) is 72.6 Å². The van der Waals surface area contributed by atoms with Gasteiger partial charge in [0.2, 0.25) is 0 Å². The highest BCUT2D eigenvalue weighted by molar-refractivity contribution is 4.76. The third kappa shape index (κ3) is 4.68. The van der Waals surface area contributed by atoms with Gasteiger partial charge in [-0.15, -0.1) is 4.91 Å². The normalized spacial score (nSPS) is 11.4. The molecule has 0 N–H and O–H groups in total. The summed E-state index contributed by atoms with van der Waals surface area (Å²) in [5.74, 6) is 0. The lowest BCUT2D eigenvalue weighted by Crippen LogP contribution is -2.35. The van der Waals surface area contributed by atoms with E-state index in [2.05, 4.69) is 5.18 Å². The first-order valence-corrected chi connectivity index (χ1v) is 6.12. The van der Waals surface area contributed by atoms with E-state index in [4.69, 9.17) is 0 Å². The maximum Gasteiger partial charge on any atom is 0.348 e. The van der Waals surface area contributed by atoms with Crippen molar-refractivity contribution in [2.45, 2.75) is 70.9 Å². The highest BCUT2D eigenvalue weighted by atomic mass is 16.6. The Hall–Kier alpha value is -1.00. The molecule has 16 heavy (non-hydrogen) atoms. The third-order valence-electron chi connectivity index (χ3n) is 2.87. The molecular weight excluding hydrogens is 208 g/mol. The number of hydrogen-bond donors (Lipinski definition) is 0. The third-order valence-corrected chi connectivity index (χ3v) is 2.87. The molecule has 94 valence electrons. The number of nitro groups is 1. The van der Waals surface area contributed by atoms with Gasteiger partial charge in [0.25, 0.3) is 0 Å². The zero-order valence-corrected chi connectivity index (χ0v) is 10.3. The standard InChI is InChI=1S/C11H22N2O3/c1-3-5-7-9-11(12-14,13(15)16)10-8-6-4-2/h3-10H2,1-2H3. The number of rotatable bonds is 10. The Kier molecular flexibility index (Phi) is 7.68. The molecule has 0 aromatic carbocycles. The molecule has 0 saturated heterocycles. The van der Waals surface area contributed by atoms with Crippen LogP contribution in [0, 0.1) is 15.0 Å². The highest BCUT2D eigenvalue weighted by Crippen LogP contribution is 2.27. The van der Waals surface area contributed by atoms with Crippen molar-refractivity contribution in [2.24, 2.45) is 5.18 Å². The lowest BCUT2D eigenvalue weighted by Gasteiger charge is -2.17. The molecule has 0 atom stereocenters. The molecule has 0 heterocycles. The van der Waals surface area contributed by atoms with Gasteiger partial charge >= 0.3 is 5.66 Å². The SMILES string of the molecule is CCCCCC(CCCCC)(N=O)[N+](=O)[O-]. The van der Waals surface area contributed by atoms with E-state index in [1.807, 2.05) is 13.8 Å². The van der Waals surface area contributed by atoms with E-state index in [1.54, 1.807) is 0 Å². The molecular formula is C11H22N2O3. The van der Waals surface area contributed by atoms with Gasteiger partial charge in [-0.1, -0.05) is 39.5 Å². The molecule has 0 aliphatic rings. The van der Waals surface area contributed by atoms with Crippen molar-refractivity contribution in [1.82, 2.24) is 0 Å². The average Bonchev–Trinajstić information content (AvgIpc) is 2.27. The predicted molar refractivity (Wildman–Crippen MR) is 63.8 cm³/mol. The molecule has 0 aliphatic carbocycles. The Balaban J connectivity index is 4.33. The summed E-state index contributed by atoms with van der Waals surface area (Å²) in [4.78, 5) is 21.2. The Morgan fingerprint density at radius 1 is 1.06 bits per heavy atom. The number of unbranched alkanes of at least 4 members (excludes halogenated alkanes) is 4. The van der Waals surface area contributed by atoms with Crippen LogP contribution in [0.5, 0.6) is 0 Å². The van der Waals surface area contributed by atoms with Crippen LogP contribution in [0.15, 0.2) is 5.18 Å². The lowest BCUT2D eigenvalue weighted by atomic mass is 9.96. The quantitative estimate of drug-likeness (QED) is 0.247. The zero-order chi connectivity index (χ0) is 12.4. The van der Waals surface area contributed by atoms with Gasteiger partial charge in [-0.2, -0.15) is 0 Å². The highest BCUT2D eigenvalue weighted by Gasteiger charge is 2.43. The van der Waals surface area contributed by atoms with E-state index in [1.165, 1.54) is 0 Å². The maximum atomic E-state index is 11.0. The van der Waals surface area contributed by atoms with Crippen LogP contribution in [-0.2, 0) is 0 Å².